The topological polar surface area (TPSA) is 67.8 Å². The molecule has 2 heterocycles. The fourth-order valence-corrected chi connectivity index (χ4v) is 1.43. The van der Waals surface area contributed by atoms with Crippen molar-refractivity contribution in [1.29, 1.82) is 0 Å². The largest absolute Gasteiger partial charge is 0.433 e. The molecule has 104 valence electrons. The molecular weight excluding hydrogens is 297 g/mol. The predicted octanol–water partition coefficient (Wildman–Crippen LogP) is 2.80. The lowest BCUT2D eigenvalue weighted by Gasteiger charge is -2.07. The molecule has 1 amide bonds. The number of rotatable bonds is 2. The lowest BCUT2D eigenvalue weighted by molar-refractivity contribution is -0.141. The lowest BCUT2D eigenvalue weighted by Crippen LogP contribution is -2.15. The summed E-state index contributed by atoms with van der Waals surface area (Å²) in [6, 6.07) is 1.85. The first-order chi connectivity index (χ1) is 9.36. The molecule has 1 N–H and O–H groups in total. The molecule has 0 aromatic carbocycles. The summed E-state index contributed by atoms with van der Waals surface area (Å²) >= 11 is 5.57. The van der Waals surface area contributed by atoms with E-state index in [0.29, 0.717) is 0 Å². The second-order valence-electron chi connectivity index (χ2n) is 3.61. The normalized spacial score (nSPS) is 11.2. The Labute approximate surface area is 115 Å². The Balaban J connectivity index is 2.12. The highest BCUT2D eigenvalue weighted by molar-refractivity contribution is 6.29. The van der Waals surface area contributed by atoms with Crippen molar-refractivity contribution in [3.8, 4) is 0 Å². The van der Waals surface area contributed by atoms with Crippen LogP contribution in [-0.4, -0.2) is 20.9 Å². The first kappa shape index (κ1) is 14.2. The van der Waals surface area contributed by atoms with Gasteiger partial charge in [0.05, 0.1) is 24.3 Å². The van der Waals surface area contributed by atoms with Crippen molar-refractivity contribution in [3.05, 3.63) is 47.3 Å². The van der Waals surface area contributed by atoms with Crippen molar-refractivity contribution < 1.29 is 18.0 Å². The maximum absolute atomic E-state index is 12.3. The van der Waals surface area contributed by atoms with Gasteiger partial charge in [-0.3, -0.25) is 9.78 Å². The summed E-state index contributed by atoms with van der Waals surface area (Å²) in [5, 5.41) is 2.36. The zero-order valence-electron chi connectivity index (χ0n) is 9.65. The molecule has 0 radical (unpaired) electrons. The van der Waals surface area contributed by atoms with Gasteiger partial charge in [0.1, 0.15) is 16.5 Å². The minimum absolute atomic E-state index is 0.0307. The quantitative estimate of drug-likeness (QED) is 0.926. The smallest absolute Gasteiger partial charge is 0.319 e. The maximum atomic E-state index is 12.3. The van der Waals surface area contributed by atoms with Crippen molar-refractivity contribution >= 4 is 23.2 Å². The van der Waals surface area contributed by atoms with Gasteiger partial charge in [0.2, 0.25) is 0 Å². The molecule has 0 spiro atoms. The Kier molecular flexibility index (Phi) is 3.84. The van der Waals surface area contributed by atoms with E-state index in [1.54, 1.807) is 0 Å². The molecule has 0 saturated heterocycles. The van der Waals surface area contributed by atoms with Gasteiger partial charge in [0, 0.05) is 0 Å². The van der Waals surface area contributed by atoms with Crippen LogP contribution in [-0.2, 0) is 6.18 Å². The highest BCUT2D eigenvalue weighted by Gasteiger charge is 2.32. The first-order valence-electron chi connectivity index (χ1n) is 5.18. The number of carbonyl (C=O) groups is 1. The zero-order chi connectivity index (χ0) is 14.8. The van der Waals surface area contributed by atoms with E-state index in [4.69, 9.17) is 11.6 Å². The van der Waals surface area contributed by atoms with Gasteiger partial charge in [0.15, 0.2) is 0 Å². The summed E-state index contributed by atoms with van der Waals surface area (Å²) in [6.07, 6.45) is -1.20. The Hall–Kier alpha value is -2.22. The zero-order valence-corrected chi connectivity index (χ0v) is 10.4. The van der Waals surface area contributed by atoms with E-state index in [1.807, 2.05) is 0 Å². The van der Waals surface area contributed by atoms with E-state index in [2.05, 4.69) is 20.3 Å². The van der Waals surface area contributed by atoms with Crippen molar-refractivity contribution in [1.82, 2.24) is 15.0 Å². The van der Waals surface area contributed by atoms with Gasteiger partial charge >= 0.3 is 6.18 Å². The summed E-state index contributed by atoms with van der Waals surface area (Å²) in [7, 11) is 0. The molecule has 2 aromatic rings. The van der Waals surface area contributed by atoms with Crippen LogP contribution < -0.4 is 5.32 Å². The summed E-state index contributed by atoms with van der Waals surface area (Å²) in [6.45, 7) is 0. The van der Waals surface area contributed by atoms with Gasteiger partial charge in [-0.1, -0.05) is 11.6 Å². The molecule has 2 aromatic heterocycles. The van der Waals surface area contributed by atoms with Crippen LogP contribution in [0.3, 0.4) is 0 Å². The Morgan fingerprint density at radius 1 is 1.20 bits per heavy atom. The third-order valence-electron chi connectivity index (χ3n) is 2.15. The van der Waals surface area contributed by atoms with E-state index in [-0.39, 0.29) is 16.5 Å². The molecule has 0 unspecified atom stereocenters. The van der Waals surface area contributed by atoms with E-state index in [0.717, 1.165) is 18.3 Å². The predicted molar refractivity (Wildman–Crippen MR) is 64.2 cm³/mol. The molecule has 0 saturated carbocycles. The molecule has 0 atom stereocenters. The van der Waals surface area contributed by atoms with Crippen molar-refractivity contribution in [2.24, 2.45) is 0 Å². The third-order valence-corrected chi connectivity index (χ3v) is 2.33. The summed E-state index contributed by atoms with van der Waals surface area (Å²) in [5.41, 5.74) is -1.000. The van der Waals surface area contributed by atoms with Crippen LogP contribution >= 0.6 is 11.6 Å². The number of pyridine rings is 1. The molecule has 0 aliphatic carbocycles. The monoisotopic (exact) mass is 302 g/mol. The first-order valence-corrected chi connectivity index (χ1v) is 5.56. The number of hydrogen-bond donors (Lipinski definition) is 1. The SMILES string of the molecule is O=C(Nc1ccc(C(F)(F)F)nc1)c1cncc(Cl)n1. The lowest BCUT2D eigenvalue weighted by atomic mass is 10.3. The molecule has 0 fully saturated rings. The van der Waals surface area contributed by atoms with E-state index >= 15 is 0 Å². The fraction of sp³-hybridized carbons (Fsp3) is 0.0909. The highest BCUT2D eigenvalue weighted by Crippen LogP contribution is 2.27. The van der Waals surface area contributed by atoms with E-state index < -0.39 is 17.8 Å². The van der Waals surface area contributed by atoms with Crippen LogP contribution in [0.1, 0.15) is 16.2 Å². The highest BCUT2D eigenvalue weighted by atomic mass is 35.5. The number of nitrogens with one attached hydrogen (secondary N) is 1. The van der Waals surface area contributed by atoms with Crippen LogP contribution in [0.2, 0.25) is 5.15 Å². The molecular formula is C11H6ClF3N4O. The number of halogens is 4. The second kappa shape index (κ2) is 5.41. The molecule has 0 bridgehead atoms. The van der Waals surface area contributed by atoms with Crippen molar-refractivity contribution in [3.63, 3.8) is 0 Å². The number of alkyl halides is 3. The standard InChI is InChI=1S/C11H6ClF3N4O/c12-9-5-16-4-7(19-9)10(20)18-6-1-2-8(17-3-6)11(13,14)15/h1-5H,(H,18,20). The minimum atomic E-state index is -4.53. The second-order valence-corrected chi connectivity index (χ2v) is 4.00. The summed E-state index contributed by atoms with van der Waals surface area (Å²) in [5.74, 6) is -0.651. The van der Waals surface area contributed by atoms with Gasteiger partial charge < -0.3 is 5.32 Å². The number of aromatic nitrogens is 3. The third kappa shape index (κ3) is 3.41. The van der Waals surface area contributed by atoms with Gasteiger partial charge in [0.25, 0.3) is 5.91 Å². The van der Waals surface area contributed by atoms with E-state index in [9.17, 15) is 18.0 Å². The Morgan fingerprint density at radius 2 is 1.95 bits per heavy atom. The van der Waals surface area contributed by atoms with Crippen molar-refractivity contribution in [2.75, 3.05) is 5.32 Å². The molecule has 0 aliphatic heterocycles. The van der Waals surface area contributed by atoms with Crippen LogP contribution in [0.15, 0.2) is 30.7 Å². The molecule has 5 nitrogen and oxygen atoms in total. The number of anilines is 1. The molecule has 0 aliphatic rings. The average molecular weight is 303 g/mol. The summed E-state index contributed by atoms with van der Waals surface area (Å²) < 4.78 is 36.9. The molecule has 9 heteroatoms. The maximum Gasteiger partial charge on any atom is 0.433 e. The number of hydrogen-bond acceptors (Lipinski definition) is 4. The number of carbonyl (C=O) groups excluding carboxylic acids is 1. The van der Waals surface area contributed by atoms with Crippen LogP contribution in [0.25, 0.3) is 0 Å². The van der Waals surface area contributed by atoms with Gasteiger partial charge in [-0.2, -0.15) is 13.2 Å². The fourth-order valence-electron chi connectivity index (χ4n) is 1.28. The van der Waals surface area contributed by atoms with Gasteiger partial charge in [-0.15, -0.1) is 0 Å². The Morgan fingerprint density at radius 3 is 2.50 bits per heavy atom. The van der Waals surface area contributed by atoms with Gasteiger partial charge in [-0.05, 0) is 12.1 Å². The van der Waals surface area contributed by atoms with Crippen LogP contribution in [0.4, 0.5) is 18.9 Å². The van der Waals surface area contributed by atoms with Crippen LogP contribution in [0, 0.1) is 0 Å². The number of amides is 1. The molecule has 20 heavy (non-hydrogen) atoms. The minimum Gasteiger partial charge on any atom is -0.319 e. The van der Waals surface area contributed by atoms with Crippen molar-refractivity contribution in [2.45, 2.75) is 6.18 Å². The van der Waals surface area contributed by atoms with Gasteiger partial charge in [-0.25, -0.2) is 9.97 Å². The number of nitrogens with zero attached hydrogens (tertiary/aromatic N) is 3. The molecule has 2 rings (SSSR count). The average Bonchev–Trinajstić information content (AvgIpc) is 2.38. The summed E-state index contributed by atoms with van der Waals surface area (Å²) in [4.78, 5) is 22.3. The van der Waals surface area contributed by atoms with Crippen LogP contribution in [0.5, 0.6) is 0 Å². The van der Waals surface area contributed by atoms with E-state index in [1.165, 1.54) is 12.4 Å². The Bertz CT molecular complexity index is 630.